The van der Waals surface area contributed by atoms with Gasteiger partial charge in [0.15, 0.2) is 0 Å². The zero-order valence-electron chi connectivity index (χ0n) is 24.4. The number of hydrogen-bond acceptors (Lipinski definition) is 2. The molecule has 0 aliphatic rings. The van der Waals surface area contributed by atoms with Crippen LogP contribution >= 0.6 is 0 Å². The smallest absolute Gasteiger partial charge is 0.0714 e. The van der Waals surface area contributed by atoms with Gasteiger partial charge < -0.3 is 0 Å². The van der Waals surface area contributed by atoms with Gasteiger partial charge in [0.1, 0.15) is 0 Å². The average molecular weight is 541 g/mol. The Balaban J connectivity index is 1.49. The number of aryl methyl sites for hydroxylation is 4. The van der Waals surface area contributed by atoms with Crippen LogP contribution in [-0.4, -0.2) is 9.97 Å². The standard InChI is InChI=1S/C40H32N2/c1-25-11-14-29(15-12-25)31-19-32(37-22-30(16-13-26(37)2)39-18-27(3)28(4)24-42-39)21-33(20-31)38-23-40-36(10-7-17-41-40)34-8-5-6-9-35(34)38/h5-24H,1-4H3. The molecule has 0 fully saturated rings. The van der Waals surface area contributed by atoms with Crippen molar-refractivity contribution in [3.8, 4) is 44.6 Å². The fourth-order valence-electron chi connectivity index (χ4n) is 5.89. The van der Waals surface area contributed by atoms with Gasteiger partial charge in [-0.1, -0.05) is 72.3 Å². The molecule has 2 heteroatoms. The van der Waals surface area contributed by atoms with E-state index in [4.69, 9.17) is 9.97 Å². The Hall–Kier alpha value is -5.08. The van der Waals surface area contributed by atoms with E-state index in [9.17, 15) is 0 Å². The molecule has 0 saturated heterocycles. The Morgan fingerprint density at radius 2 is 1.12 bits per heavy atom. The first-order valence-electron chi connectivity index (χ1n) is 14.5. The van der Waals surface area contributed by atoms with Crippen molar-refractivity contribution in [2.24, 2.45) is 0 Å². The van der Waals surface area contributed by atoms with Gasteiger partial charge in [-0.2, -0.15) is 0 Å². The van der Waals surface area contributed by atoms with Crippen LogP contribution in [0.3, 0.4) is 0 Å². The maximum absolute atomic E-state index is 4.77. The zero-order valence-corrected chi connectivity index (χ0v) is 24.4. The lowest BCUT2D eigenvalue weighted by Gasteiger charge is -2.16. The van der Waals surface area contributed by atoms with Gasteiger partial charge in [0, 0.05) is 23.3 Å². The maximum Gasteiger partial charge on any atom is 0.0714 e. The minimum Gasteiger partial charge on any atom is -0.256 e. The molecular weight excluding hydrogens is 508 g/mol. The molecule has 0 saturated carbocycles. The molecule has 0 aliphatic carbocycles. The summed E-state index contributed by atoms with van der Waals surface area (Å²) in [6.07, 6.45) is 3.85. The van der Waals surface area contributed by atoms with Crippen molar-refractivity contribution in [3.05, 3.63) is 144 Å². The lowest BCUT2D eigenvalue weighted by Crippen LogP contribution is -1.92. The van der Waals surface area contributed by atoms with Crippen molar-refractivity contribution < 1.29 is 0 Å². The van der Waals surface area contributed by atoms with Crippen molar-refractivity contribution in [2.75, 3.05) is 0 Å². The van der Waals surface area contributed by atoms with Crippen molar-refractivity contribution in [3.63, 3.8) is 0 Å². The summed E-state index contributed by atoms with van der Waals surface area (Å²) in [5.41, 5.74) is 15.3. The van der Waals surface area contributed by atoms with Gasteiger partial charge in [-0.3, -0.25) is 9.97 Å². The maximum atomic E-state index is 4.77. The molecule has 0 spiro atoms. The second kappa shape index (κ2) is 10.4. The van der Waals surface area contributed by atoms with Gasteiger partial charge in [-0.25, -0.2) is 0 Å². The predicted octanol–water partition coefficient (Wildman–Crippen LogP) is 10.7. The Bertz CT molecular complexity index is 2120. The first-order chi connectivity index (χ1) is 20.4. The third-order valence-electron chi connectivity index (χ3n) is 8.47. The molecule has 7 aromatic rings. The molecule has 0 aliphatic heterocycles. The lowest BCUT2D eigenvalue weighted by molar-refractivity contribution is 1.22. The zero-order chi connectivity index (χ0) is 28.8. The van der Waals surface area contributed by atoms with Gasteiger partial charge in [0.2, 0.25) is 0 Å². The Labute approximate surface area is 247 Å². The topological polar surface area (TPSA) is 25.8 Å². The molecular formula is C40H32N2. The van der Waals surface area contributed by atoms with E-state index >= 15 is 0 Å². The van der Waals surface area contributed by atoms with Crippen LogP contribution in [0.1, 0.15) is 22.3 Å². The highest BCUT2D eigenvalue weighted by atomic mass is 14.7. The van der Waals surface area contributed by atoms with Crippen LogP contribution in [0.4, 0.5) is 0 Å². The van der Waals surface area contributed by atoms with Crippen molar-refractivity contribution in [1.82, 2.24) is 9.97 Å². The van der Waals surface area contributed by atoms with Gasteiger partial charge in [-0.05, 0) is 131 Å². The van der Waals surface area contributed by atoms with Crippen LogP contribution in [0.2, 0.25) is 0 Å². The van der Waals surface area contributed by atoms with Crippen molar-refractivity contribution in [1.29, 1.82) is 0 Å². The molecule has 7 rings (SSSR count). The van der Waals surface area contributed by atoms with E-state index in [0.717, 1.165) is 16.8 Å². The molecule has 2 aromatic heterocycles. The molecule has 202 valence electrons. The van der Waals surface area contributed by atoms with Crippen LogP contribution < -0.4 is 0 Å². The number of rotatable bonds is 4. The summed E-state index contributed by atoms with van der Waals surface area (Å²) in [6.45, 7) is 8.59. The van der Waals surface area contributed by atoms with Crippen molar-refractivity contribution in [2.45, 2.75) is 27.7 Å². The summed E-state index contributed by atoms with van der Waals surface area (Å²) in [5.74, 6) is 0. The normalized spacial score (nSPS) is 11.3. The third kappa shape index (κ3) is 4.65. The summed E-state index contributed by atoms with van der Waals surface area (Å²) in [7, 11) is 0. The predicted molar refractivity (Wildman–Crippen MR) is 178 cm³/mol. The second-order valence-electron chi connectivity index (χ2n) is 11.4. The highest BCUT2D eigenvalue weighted by Crippen LogP contribution is 2.39. The highest BCUT2D eigenvalue weighted by molar-refractivity contribution is 6.13. The van der Waals surface area contributed by atoms with Gasteiger partial charge in [-0.15, -0.1) is 0 Å². The third-order valence-corrected chi connectivity index (χ3v) is 8.47. The van der Waals surface area contributed by atoms with Gasteiger partial charge in [0.25, 0.3) is 0 Å². The number of pyridine rings is 2. The quantitative estimate of drug-likeness (QED) is 0.208. The van der Waals surface area contributed by atoms with E-state index in [-0.39, 0.29) is 0 Å². The largest absolute Gasteiger partial charge is 0.256 e. The van der Waals surface area contributed by atoms with Gasteiger partial charge >= 0.3 is 0 Å². The molecule has 0 N–H and O–H groups in total. The number of fused-ring (bicyclic) bond motifs is 3. The molecule has 42 heavy (non-hydrogen) atoms. The molecule has 5 aromatic carbocycles. The van der Waals surface area contributed by atoms with E-state index in [2.05, 4.69) is 131 Å². The number of aromatic nitrogens is 2. The van der Waals surface area contributed by atoms with E-state index in [1.807, 2.05) is 18.5 Å². The van der Waals surface area contributed by atoms with Crippen LogP contribution in [0.15, 0.2) is 122 Å². The van der Waals surface area contributed by atoms with Gasteiger partial charge in [0.05, 0.1) is 11.2 Å². The summed E-state index contributed by atoms with van der Waals surface area (Å²) in [5, 5.41) is 3.63. The van der Waals surface area contributed by atoms with Crippen LogP contribution in [-0.2, 0) is 0 Å². The fraction of sp³-hybridized carbons (Fsp3) is 0.100. The summed E-state index contributed by atoms with van der Waals surface area (Å²) in [6, 6.07) is 39.8. The number of nitrogens with zero attached hydrogens (tertiary/aromatic N) is 2. The number of hydrogen-bond donors (Lipinski definition) is 0. The van der Waals surface area contributed by atoms with E-state index < -0.39 is 0 Å². The SMILES string of the molecule is Cc1ccc(-c2cc(-c3cc(-c4cc(C)c(C)cn4)ccc3C)cc(-c3cc4ncccc4c4ccccc34)c2)cc1. The molecule has 0 bridgehead atoms. The first-order valence-corrected chi connectivity index (χ1v) is 14.5. The highest BCUT2D eigenvalue weighted by Gasteiger charge is 2.14. The van der Waals surface area contributed by atoms with E-state index in [0.29, 0.717) is 0 Å². The minimum absolute atomic E-state index is 1.00. The Kier molecular flexibility index (Phi) is 6.40. The minimum atomic E-state index is 1.00. The van der Waals surface area contributed by atoms with Crippen molar-refractivity contribution >= 4 is 21.7 Å². The average Bonchev–Trinajstić information content (AvgIpc) is 3.02. The molecule has 0 unspecified atom stereocenters. The first kappa shape index (κ1) is 25.9. The number of benzene rings is 5. The molecule has 2 nitrogen and oxygen atoms in total. The molecule has 0 amide bonds. The molecule has 2 heterocycles. The van der Waals surface area contributed by atoms with E-state index in [1.165, 1.54) is 71.8 Å². The summed E-state index contributed by atoms with van der Waals surface area (Å²) < 4.78 is 0. The Morgan fingerprint density at radius 1 is 0.429 bits per heavy atom. The second-order valence-corrected chi connectivity index (χ2v) is 11.4. The monoisotopic (exact) mass is 540 g/mol. The Morgan fingerprint density at radius 3 is 1.90 bits per heavy atom. The fourth-order valence-corrected chi connectivity index (χ4v) is 5.89. The van der Waals surface area contributed by atoms with Crippen LogP contribution in [0.5, 0.6) is 0 Å². The van der Waals surface area contributed by atoms with E-state index in [1.54, 1.807) is 0 Å². The summed E-state index contributed by atoms with van der Waals surface area (Å²) in [4.78, 5) is 9.52. The molecule has 0 radical (unpaired) electrons. The lowest BCUT2D eigenvalue weighted by atomic mass is 9.88. The summed E-state index contributed by atoms with van der Waals surface area (Å²) >= 11 is 0. The molecule has 0 atom stereocenters. The van der Waals surface area contributed by atoms with Crippen LogP contribution in [0.25, 0.3) is 66.3 Å². The van der Waals surface area contributed by atoms with Crippen LogP contribution in [0, 0.1) is 27.7 Å².